The summed E-state index contributed by atoms with van der Waals surface area (Å²) in [5.41, 5.74) is 1.45. The molecule has 7 heteroatoms. The van der Waals surface area contributed by atoms with Crippen LogP contribution in [0.2, 0.25) is 5.02 Å². The molecule has 148 valence electrons. The number of unbranched alkanes of at least 4 members (excludes halogenated alkanes) is 2. The minimum absolute atomic E-state index is 0.195. The van der Waals surface area contributed by atoms with Gasteiger partial charge in [0.25, 0.3) is 5.56 Å². The van der Waals surface area contributed by atoms with E-state index >= 15 is 0 Å². The molecule has 0 aliphatic carbocycles. The van der Waals surface area contributed by atoms with Crippen LogP contribution in [0.5, 0.6) is 5.75 Å². The molecule has 0 saturated carbocycles. The van der Waals surface area contributed by atoms with Crippen molar-refractivity contribution in [3.8, 4) is 17.1 Å². The zero-order valence-corrected chi connectivity index (χ0v) is 17.5. The Bertz CT molecular complexity index is 1230. The first kappa shape index (κ1) is 19.6. The molecule has 0 N–H and O–H groups in total. The van der Waals surface area contributed by atoms with Gasteiger partial charge in [0.2, 0.25) is 4.96 Å². The van der Waals surface area contributed by atoms with Crippen molar-refractivity contribution in [3.05, 3.63) is 74.0 Å². The van der Waals surface area contributed by atoms with Gasteiger partial charge in [0.05, 0.1) is 11.1 Å². The van der Waals surface area contributed by atoms with Crippen molar-refractivity contribution in [2.45, 2.75) is 26.2 Å². The molecule has 2 aromatic heterocycles. The second-order valence-corrected chi connectivity index (χ2v) is 8.06. The molecule has 0 fully saturated rings. The first-order valence-corrected chi connectivity index (χ1v) is 10.7. The highest BCUT2D eigenvalue weighted by atomic mass is 35.5. The van der Waals surface area contributed by atoms with Gasteiger partial charge in [-0.15, -0.1) is 5.10 Å². The van der Waals surface area contributed by atoms with Crippen LogP contribution in [0.15, 0.2) is 53.3 Å². The number of halogens is 1. The molecule has 0 bridgehead atoms. The molecule has 0 aliphatic heterocycles. The van der Waals surface area contributed by atoms with E-state index in [4.69, 9.17) is 16.3 Å². The molecule has 0 amide bonds. The number of ether oxygens (including phenoxy) is 1. The second kappa shape index (κ2) is 8.76. The molecule has 5 nitrogen and oxygen atoms in total. The molecule has 2 aromatic carbocycles. The number of fused-ring (bicyclic) bond motifs is 1. The molecular weight excluding hydrogens is 406 g/mol. The van der Waals surface area contributed by atoms with Crippen molar-refractivity contribution >= 4 is 34.0 Å². The Balaban J connectivity index is 1.57. The highest BCUT2D eigenvalue weighted by Crippen LogP contribution is 2.21. The van der Waals surface area contributed by atoms with Crippen LogP contribution in [-0.2, 0) is 0 Å². The van der Waals surface area contributed by atoms with Gasteiger partial charge < -0.3 is 4.74 Å². The van der Waals surface area contributed by atoms with E-state index in [1.807, 2.05) is 42.5 Å². The molecule has 29 heavy (non-hydrogen) atoms. The van der Waals surface area contributed by atoms with E-state index in [1.54, 1.807) is 12.1 Å². The number of hydrogen-bond acceptors (Lipinski definition) is 5. The minimum atomic E-state index is -0.195. The average molecular weight is 426 g/mol. The molecule has 0 atom stereocenters. The first-order chi connectivity index (χ1) is 14.2. The van der Waals surface area contributed by atoms with Gasteiger partial charge in [-0.1, -0.05) is 60.9 Å². The Hall–Kier alpha value is -2.70. The highest BCUT2D eigenvalue weighted by molar-refractivity contribution is 7.15. The minimum Gasteiger partial charge on any atom is -0.494 e. The van der Waals surface area contributed by atoms with Crippen molar-refractivity contribution in [3.63, 3.8) is 0 Å². The zero-order valence-electron chi connectivity index (χ0n) is 16.0. The normalized spacial score (nSPS) is 12.0. The summed E-state index contributed by atoms with van der Waals surface area (Å²) in [5.74, 6) is 1.35. The van der Waals surface area contributed by atoms with Gasteiger partial charge in [-0.3, -0.25) is 4.79 Å². The van der Waals surface area contributed by atoms with Crippen LogP contribution in [0.4, 0.5) is 0 Å². The zero-order chi connectivity index (χ0) is 20.2. The standard InChI is InChI=1S/C22H20ClN3O2S/c1-2-3-6-13-28-17-11-9-15(10-12-17)20-24-22-26(25-20)21(27)19(29-22)14-16-7-4-5-8-18(16)23/h4-5,7-12,14H,2-3,6,13H2,1H3. The Labute approximate surface area is 177 Å². The van der Waals surface area contributed by atoms with E-state index in [2.05, 4.69) is 17.0 Å². The quantitative estimate of drug-likeness (QED) is 0.406. The average Bonchev–Trinajstić information content (AvgIpc) is 3.27. The predicted octanol–water partition coefficient (Wildman–Crippen LogP) is 4.59. The van der Waals surface area contributed by atoms with E-state index in [0.717, 1.165) is 29.9 Å². The fourth-order valence-corrected chi connectivity index (χ4v) is 4.02. The Morgan fingerprint density at radius 2 is 1.93 bits per heavy atom. The maximum Gasteiger partial charge on any atom is 0.291 e. The Kier molecular flexibility index (Phi) is 5.92. The van der Waals surface area contributed by atoms with Gasteiger partial charge in [0.15, 0.2) is 5.82 Å². The lowest BCUT2D eigenvalue weighted by Gasteiger charge is -2.05. The predicted molar refractivity (Wildman–Crippen MR) is 118 cm³/mol. The maximum atomic E-state index is 12.7. The summed E-state index contributed by atoms with van der Waals surface area (Å²) in [6.45, 7) is 2.89. The van der Waals surface area contributed by atoms with Gasteiger partial charge in [0, 0.05) is 10.6 Å². The van der Waals surface area contributed by atoms with Crippen LogP contribution >= 0.6 is 22.9 Å². The van der Waals surface area contributed by atoms with Crippen molar-refractivity contribution in [1.82, 2.24) is 14.6 Å². The number of thiazole rings is 1. The third-order valence-electron chi connectivity index (χ3n) is 4.50. The number of rotatable bonds is 7. The fraction of sp³-hybridized carbons (Fsp3) is 0.227. The Morgan fingerprint density at radius 3 is 2.66 bits per heavy atom. The topological polar surface area (TPSA) is 56.5 Å². The van der Waals surface area contributed by atoms with E-state index < -0.39 is 0 Å². The van der Waals surface area contributed by atoms with Crippen LogP contribution in [0, 0.1) is 0 Å². The molecule has 2 heterocycles. The lowest BCUT2D eigenvalue weighted by Crippen LogP contribution is -2.23. The van der Waals surface area contributed by atoms with E-state index in [1.165, 1.54) is 28.7 Å². The second-order valence-electron chi connectivity index (χ2n) is 6.65. The van der Waals surface area contributed by atoms with Crippen LogP contribution in [-0.4, -0.2) is 21.2 Å². The molecule has 4 rings (SSSR count). The molecule has 0 radical (unpaired) electrons. The maximum absolute atomic E-state index is 12.7. The molecule has 0 saturated heterocycles. The first-order valence-electron chi connectivity index (χ1n) is 9.55. The van der Waals surface area contributed by atoms with Crippen LogP contribution < -0.4 is 14.8 Å². The van der Waals surface area contributed by atoms with E-state index in [9.17, 15) is 4.79 Å². The summed E-state index contributed by atoms with van der Waals surface area (Å²) in [6.07, 6.45) is 5.17. The van der Waals surface area contributed by atoms with Gasteiger partial charge in [0.1, 0.15) is 5.75 Å². The van der Waals surface area contributed by atoms with Crippen molar-refractivity contribution in [2.24, 2.45) is 0 Å². The number of nitrogens with zero attached hydrogens (tertiary/aromatic N) is 3. The smallest absolute Gasteiger partial charge is 0.291 e. The number of aromatic nitrogens is 3. The van der Waals surface area contributed by atoms with Gasteiger partial charge >= 0.3 is 0 Å². The summed E-state index contributed by atoms with van der Waals surface area (Å²) in [6, 6.07) is 15.0. The summed E-state index contributed by atoms with van der Waals surface area (Å²) in [5, 5.41) is 4.99. The third-order valence-corrected chi connectivity index (χ3v) is 5.81. The molecule has 0 spiro atoms. The van der Waals surface area contributed by atoms with Gasteiger partial charge in [-0.25, -0.2) is 0 Å². The van der Waals surface area contributed by atoms with Crippen LogP contribution in [0.25, 0.3) is 22.4 Å². The summed E-state index contributed by atoms with van der Waals surface area (Å²) >= 11 is 7.49. The van der Waals surface area contributed by atoms with Crippen LogP contribution in [0.3, 0.4) is 0 Å². The molecular formula is C22H20ClN3O2S. The SMILES string of the molecule is CCCCCOc1ccc(-c2nc3sc(=Cc4ccccc4Cl)c(=O)n3n2)cc1. The number of hydrogen-bond donors (Lipinski definition) is 0. The summed E-state index contributed by atoms with van der Waals surface area (Å²) < 4.78 is 7.63. The van der Waals surface area contributed by atoms with Crippen molar-refractivity contribution in [1.29, 1.82) is 0 Å². The Morgan fingerprint density at radius 1 is 1.14 bits per heavy atom. The molecule has 0 unspecified atom stereocenters. The third kappa shape index (κ3) is 4.33. The monoisotopic (exact) mass is 425 g/mol. The van der Waals surface area contributed by atoms with E-state index in [0.29, 0.717) is 20.3 Å². The lowest BCUT2D eigenvalue weighted by molar-refractivity contribution is 0.306. The summed E-state index contributed by atoms with van der Waals surface area (Å²) in [7, 11) is 0. The van der Waals surface area contributed by atoms with Crippen molar-refractivity contribution < 1.29 is 4.74 Å². The fourth-order valence-electron chi connectivity index (χ4n) is 2.93. The van der Waals surface area contributed by atoms with Gasteiger partial charge in [-0.05, 0) is 48.4 Å². The molecule has 0 aliphatic rings. The van der Waals surface area contributed by atoms with E-state index in [-0.39, 0.29) is 5.56 Å². The highest BCUT2D eigenvalue weighted by Gasteiger charge is 2.12. The van der Waals surface area contributed by atoms with Crippen molar-refractivity contribution in [2.75, 3.05) is 6.61 Å². The van der Waals surface area contributed by atoms with Crippen LogP contribution in [0.1, 0.15) is 31.7 Å². The summed E-state index contributed by atoms with van der Waals surface area (Å²) in [4.78, 5) is 17.8. The lowest BCUT2D eigenvalue weighted by atomic mass is 10.2. The molecule has 4 aromatic rings. The number of benzene rings is 2. The van der Waals surface area contributed by atoms with Gasteiger partial charge in [-0.2, -0.15) is 9.50 Å². The largest absolute Gasteiger partial charge is 0.494 e.